The highest BCUT2D eigenvalue weighted by Gasteiger charge is 2.27. The lowest BCUT2D eigenvalue weighted by Crippen LogP contribution is -2.29. The Morgan fingerprint density at radius 2 is 1.38 bits per heavy atom. The summed E-state index contributed by atoms with van der Waals surface area (Å²) in [6.45, 7) is 1.92. The standard InChI is InChI=1S/C28H22N2O2S2/c1-19-8-2-3-9-22(19)28(32)29-20-14-16-21(17-15-20)33-18-27(31)30-23-10-4-6-12-25(23)34-26-13-7-5-11-24(26)30/h2-17H,18H2,1H3,(H,29,32). The average Bonchev–Trinajstić information content (AvgIpc) is 2.87. The van der Waals surface area contributed by atoms with Gasteiger partial charge in [-0.25, -0.2) is 0 Å². The third-order valence-corrected chi connectivity index (χ3v) is 7.67. The molecule has 0 bridgehead atoms. The number of hydrogen-bond donors (Lipinski definition) is 1. The van der Waals surface area contributed by atoms with Crippen molar-refractivity contribution in [3.63, 3.8) is 0 Å². The van der Waals surface area contributed by atoms with Crippen molar-refractivity contribution in [2.75, 3.05) is 16.0 Å². The molecule has 6 heteroatoms. The first-order chi connectivity index (χ1) is 16.6. The molecule has 168 valence electrons. The van der Waals surface area contributed by atoms with Crippen LogP contribution in [0.15, 0.2) is 112 Å². The molecule has 4 nitrogen and oxygen atoms in total. The van der Waals surface area contributed by atoms with E-state index >= 15 is 0 Å². The van der Waals surface area contributed by atoms with Crippen molar-refractivity contribution in [1.29, 1.82) is 0 Å². The zero-order valence-corrected chi connectivity index (χ0v) is 20.2. The van der Waals surface area contributed by atoms with Gasteiger partial charge in [-0.1, -0.05) is 54.2 Å². The van der Waals surface area contributed by atoms with Gasteiger partial charge in [0.1, 0.15) is 0 Å². The molecule has 1 heterocycles. The molecule has 4 aromatic carbocycles. The lowest BCUT2D eigenvalue weighted by molar-refractivity contribution is -0.115. The second-order valence-corrected chi connectivity index (χ2v) is 9.98. The first kappa shape index (κ1) is 22.3. The number of amides is 2. The molecule has 0 radical (unpaired) electrons. The fourth-order valence-corrected chi connectivity index (χ4v) is 5.65. The molecule has 5 rings (SSSR count). The number of para-hydroxylation sites is 2. The Labute approximate surface area is 207 Å². The van der Waals surface area contributed by atoms with Crippen molar-refractivity contribution < 1.29 is 9.59 Å². The summed E-state index contributed by atoms with van der Waals surface area (Å²) in [5.74, 6) is 0.207. The van der Waals surface area contributed by atoms with Crippen molar-refractivity contribution in [2.24, 2.45) is 0 Å². The molecule has 34 heavy (non-hydrogen) atoms. The van der Waals surface area contributed by atoms with Gasteiger partial charge in [0.25, 0.3) is 5.91 Å². The van der Waals surface area contributed by atoms with E-state index in [-0.39, 0.29) is 11.8 Å². The quantitative estimate of drug-likeness (QED) is 0.306. The minimum absolute atomic E-state index is 0.0298. The van der Waals surface area contributed by atoms with Crippen molar-refractivity contribution in [3.8, 4) is 0 Å². The molecular formula is C28H22N2O2S2. The average molecular weight is 483 g/mol. The largest absolute Gasteiger partial charge is 0.322 e. The number of aryl methyl sites for hydroxylation is 1. The summed E-state index contributed by atoms with van der Waals surface area (Å²) >= 11 is 3.18. The van der Waals surface area contributed by atoms with Gasteiger partial charge in [0.15, 0.2) is 0 Å². The number of rotatable bonds is 5. The fraction of sp³-hybridized carbons (Fsp3) is 0.0714. The number of carbonyl (C=O) groups is 2. The van der Waals surface area contributed by atoms with Crippen LogP contribution in [0.5, 0.6) is 0 Å². The minimum atomic E-state index is -0.131. The maximum atomic E-state index is 13.3. The second kappa shape index (κ2) is 9.79. The Morgan fingerprint density at radius 1 is 0.794 bits per heavy atom. The van der Waals surface area contributed by atoms with Crippen LogP contribution in [0.2, 0.25) is 0 Å². The van der Waals surface area contributed by atoms with E-state index in [2.05, 4.69) is 5.32 Å². The number of fused-ring (bicyclic) bond motifs is 2. The third kappa shape index (κ3) is 4.60. The Hall–Kier alpha value is -3.48. The Kier molecular flexibility index (Phi) is 6.43. The van der Waals surface area contributed by atoms with Crippen LogP contribution in [0.1, 0.15) is 15.9 Å². The summed E-state index contributed by atoms with van der Waals surface area (Å²) in [5.41, 5.74) is 4.16. The molecule has 1 aliphatic heterocycles. The molecule has 0 saturated heterocycles. The number of hydrogen-bond acceptors (Lipinski definition) is 4. The van der Waals surface area contributed by atoms with Crippen molar-refractivity contribution in [3.05, 3.63) is 108 Å². The highest BCUT2D eigenvalue weighted by molar-refractivity contribution is 8.00. The summed E-state index contributed by atoms with van der Waals surface area (Å²) in [5, 5.41) is 2.94. The molecule has 2 amide bonds. The number of anilines is 3. The zero-order valence-electron chi connectivity index (χ0n) is 18.5. The molecule has 0 saturated carbocycles. The summed E-state index contributed by atoms with van der Waals surface area (Å²) < 4.78 is 0. The Bertz CT molecular complexity index is 1320. The van der Waals surface area contributed by atoms with Crippen molar-refractivity contribution in [2.45, 2.75) is 21.6 Å². The van der Waals surface area contributed by atoms with E-state index in [1.54, 1.807) is 11.8 Å². The van der Waals surface area contributed by atoms with Gasteiger partial charge in [-0.15, -0.1) is 11.8 Å². The van der Waals surface area contributed by atoms with Gasteiger partial charge in [0, 0.05) is 25.9 Å². The van der Waals surface area contributed by atoms with Gasteiger partial charge in [-0.2, -0.15) is 0 Å². The maximum Gasteiger partial charge on any atom is 0.255 e. The highest BCUT2D eigenvalue weighted by atomic mass is 32.2. The number of nitrogens with zero attached hydrogens (tertiary/aromatic N) is 1. The monoisotopic (exact) mass is 482 g/mol. The van der Waals surface area contributed by atoms with Gasteiger partial charge in [-0.05, 0) is 67.1 Å². The van der Waals surface area contributed by atoms with E-state index in [1.807, 2.05) is 109 Å². The summed E-state index contributed by atoms with van der Waals surface area (Å²) in [6, 6.07) is 31.1. The normalized spacial score (nSPS) is 12.0. The van der Waals surface area contributed by atoms with Crippen LogP contribution in [0.3, 0.4) is 0 Å². The first-order valence-corrected chi connectivity index (χ1v) is 12.7. The van der Waals surface area contributed by atoms with E-state index < -0.39 is 0 Å². The minimum Gasteiger partial charge on any atom is -0.322 e. The maximum absolute atomic E-state index is 13.3. The number of thioether (sulfide) groups is 1. The number of nitrogens with one attached hydrogen (secondary N) is 1. The van der Waals surface area contributed by atoms with Gasteiger partial charge in [-0.3, -0.25) is 14.5 Å². The summed E-state index contributed by atoms with van der Waals surface area (Å²) in [7, 11) is 0. The molecule has 0 aliphatic carbocycles. The van der Waals surface area contributed by atoms with Crippen LogP contribution in [0.25, 0.3) is 0 Å². The smallest absolute Gasteiger partial charge is 0.255 e. The molecule has 1 aliphatic rings. The summed E-state index contributed by atoms with van der Waals surface area (Å²) in [6.07, 6.45) is 0. The van der Waals surface area contributed by atoms with Crippen LogP contribution in [0, 0.1) is 6.92 Å². The lowest BCUT2D eigenvalue weighted by Gasteiger charge is -2.31. The van der Waals surface area contributed by atoms with Crippen LogP contribution in [-0.4, -0.2) is 17.6 Å². The van der Waals surface area contributed by atoms with Gasteiger partial charge in [0.05, 0.1) is 17.1 Å². The van der Waals surface area contributed by atoms with E-state index in [0.29, 0.717) is 11.3 Å². The Balaban J connectivity index is 1.27. The molecule has 0 aromatic heterocycles. The van der Waals surface area contributed by atoms with Crippen LogP contribution in [0.4, 0.5) is 17.1 Å². The van der Waals surface area contributed by atoms with Crippen LogP contribution < -0.4 is 10.2 Å². The van der Waals surface area contributed by atoms with E-state index in [1.165, 1.54) is 11.8 Å². The SMILES string of the molecule is Cc1ccccc1C(=O)Nc1ccc(SCC(=O)N2c3ccccc3Sc3ccccc32)cc1. The van der Waals surface area contributed by atoms with Crippen molar-refractivity contribution >= 4 is 52.4 Å². The van der Waals surface area contributed by atoms with Gasteiger partial charge < -0.3 is 5.32 Å². The predicted octanol–water partition coefficient (Wildman–Crippen LogP) is 7.17. The summed E-state index contributed by atoms with van der Waals surface area (Å²) in [4.78, 5) is 30.8. The lowest BCUT2D eigenvalue weighted by atomic mass is 10.1. The molecule has 0 spiro atoms. The molecule has 1 N–H and O–H groups in total. The predicted molar refractivity (Wildman–Crippen MR) is 140 cm³/mol. The van der Waals surface area contributed by atoms with Gasteiger partial charge >= 0.3 is 0 Å². The number of carbonyl (C=O) groups excluding carboxylic acids is 2. The first-order valence-electron chi connectivity index (χ1n) is 10.9. The fourth-order valence-electron chi connectivity index (χ4n) is 3.84. The molecular weight excluding hydrogens is 460 g/mol. The van der Waals surface area contributed by atoms with Crippen LogP contribution >= 0.6 is 23.5 Å². The topological polar surface area (TPSA) is 49.4 Å². The third-order valence-electron chi connectivity index (χ3n) is 5.55. The number of benzene rings is 4. The molecule has 0 fully saturated rings. The van der Waals surface area contributed by atoms with Crippen LogP contribution in [-0.2, 0) is 4.79 Å². The van der Waals surface area contributed by atoms with E-state index in [4.69, 9.17) is 0 Å². The second-order valence-electron chi connectivity index (χ2n) is 7.85. The van der Waals surface area contributed by atoms with E-state index in [0.717, 1.165) is 37.3 Å². The van der Waals surface area contributed by atoms with Crippen molar-refractivity contribution in [1.82, 2.24) is 0 Å². The highest BCUT2D eigenvalue weighted by Crippen LogP contribution is 2.48. The molecule has 0 atom stereocenters. The molecule has 0 unspecified atom stereocenters. The molecule has 4 aromatic rings. The zero-order chi connectivity index (χ0) is 23.5. The van der Waals surface area contributed by atoms with E-state index in [9.17, 15) is 9.59 Å². The van der Waals surface area contributed by atoms with Gasteiger partial charge in [0.2, 0.25) is 5.91 Å². The Morgan fingerprint density at radius 3 is 2.03 bits per heavy atom.